The number of aromatic nitrogens is 1. The molecule has 2 aromatic heterocycles. The second kappa shape index (κ2) is 8.49. The van der Waals surface area contributed by atoms with Crippen LogP contribution in [-0.2, 0) is 11.3 Å². The van der Waals surface area contributed by atoms with Gasteiger partial charge in [0.05, 0.1) is 24.2 Å². The summed E-state index contributed by atoms with van der Waals surface area (Å²) in [6.07, 6.45) is 5.77. The molecule has 1 amide bonds. The van der Waals surface area contributed by atoms with E-state index in [0.717, 1.165) is 59.6 Å². The predicted molar refractivity (Wildman–Crippen MR) is 115 cm³/mol. The molecular formula is C23H31N3O3. The highest BCUT2D eigenvalue weighted by atomic mass is 16.5. The number of primary amides is 1. The van der Waals surface area contributed by atoms with Crippen molar-refractivity contribution in [1.29, 1.82) is 0 Å². The first-order valence-electron chi connectivity index (χ1n) is 10.7. The quantitative estimate of drug-likeness (QED) is 0.603. The second-order valence-corrected chi connectivity index (χ2v) is 8.02. The number of benzene rings is 1. The van der Waals surface area contributed by atoms with Gasteiger partial charge in [-0.1, -0.05) is 13.3 Å². The van der Waals surface area contributed by atoms with Crippen LogP contribution in [-0.4, -0.2) is 35.6 Å². The Morgan fingerprint density at radius 1 is 1.21 bits per heavy atom. The van der Waals surface area contributed by atoms with E-state index in [4.69, 9.17) is 14.9 Å². The summed E-state index contributed by atoms with van der Waals surface area (Å²) in [6, 6.07) is 8.41. The number of carbonyl (C=O) groups excluding carboxylic acids is 1. The SMILES string of the molecule is CCCn1c2cc(OC)ccc2c2oc(C(CCC(N)=O)N3CCCCC3)cc21. The fraction of sp³-hybridized carbons (Fsp3) is 0.522. The zero-order valence-corrected chi connectivity index (χ0v) is 17.4. The molecule has 0 radical (unpaired) electrons. The first kappa shape index (κ1) is 19.8. The molecular weight excluding hydrogens is 366 g/mol. The van der Waals surface area contributed by atoms with E-state index in [0.29, 0.717) is 12.8 Å². The number of carbonyl (C=O) groups is 1. The van der Waals surface area contributed by atoms with Crippen LogP contribution in [0.15, 0.2) is 28.7 Å². The summed E-state index contributed by atoms with van der Waals surface area (Å²) in [4.78, 5) is 13.9. The number of hydrogen-bond donors (Lipinski definition) is 1. The van der Waals surface area contributed by atoms with Crippen molar-refractivity contribution in [3.63, 3.8) is 0 Å². The van der Waals surface area contributed by atoms with Crippen LogP contribution in [0.25, 0.3) is 22.0 Å². The molecule has 0 aliphatic carbocycles. The monoisotopic (exact) mass is 397 g/mol. The Labute approximate surface area is 171 Å². The van der Waals surface area contributed by atoms with Gasteiger partial charge in [-0.05, 0) is 50.9 Å². The van der Waals surface area contributed by atoms with Gasteiger partial charge in [0.1, 0.15) is 11.5 Å². The highest BCUT2D eigenvalue weighted by molar-refractivity contribution is 6.05. The molecule has 1 saturated heterocycles. The van der Waals surface area contributed by atoms with Gasteiger partial charge in [0.25, 0.3) is 0 Å². The smallest absolute Gasteiger partial charge is 0.217 e. The minimum absolute atomic E-state index is 0.0959. The number of amides is 1. The van der Waals surface area contributed by atoms with Crippen LogP contribution in [0.4, 0.5) is 0 Å². The van der Waals surface area contributed by atoms with Crippen molar-refractivity contribution in [3.05, 3.63) is 30.0 Å². The Hall–Kier alpha value is -2.47. The number of hydrogen-bond acceptors (Lipinski definition) is 4. The zero-order valence-electron chi connectivity index (χ0n) is 17.4. The van der Waals surface area contributed by atoms with E-state index in [-0.39, 0.29) is 11.9 Å². The van der Waals surface area contributed by atoms with E-state index in [9.17, 15) is 4.79 Å². The lowest BCUT2D eigenvalue weighted by atomic mass is 10.0. The number of aryl methyl sites for hydroxylation is 1. The molecule has 29 heavy (non-hydrogen) atoms. The minimum atomic E-state index is -0.254. The molecule has 0 bridgehead atoms. The van der Waals surface area contributed by atoms with Gasteiger partial charge in [-0.3, -0.25) is 9.69 Å². The van der Waals surface area contributed by atoms with Crippen molar-refractivity contribution in [2.24, 2.45) is 5.73 Å². The molecule has 1 unspecified atom stereocenters. The molecule has 6 nitrogen and oxygen atoms in total. The number of ether oxygens (including phenoxy) is 1. The summed E-state index contributed by atoms with van der Waals surface area (Å²) in [6.45, 7) is 5.19. The van der Waals surface area contributed by atoms with E-state index in [1.807, 2.05) is 6.07 Å². The van der Waals surface area contributed by atoms with E-state index in [1.54, 1.807) is 7.11 Å². The molecule has 1 aliphatic rings. The Morgan fingerprint density at radius 2 is 2.00 bits per heavy atom. The summed E-state index contributed by atoms with van der Waals surface area (Å²) < 4.78 is 14.2. The lowest BCUT2D eigenvalue weighted by Gasteiger charge is -2.33. The largest absolute Gasteiger partial charge is 0.497 e. The fourth-order valence-electron chi connectivity index (χ4n) is 4.62. The van der Waals surface area contributed by atoms with Gasteiger partial charge in [-0.25, -0.2) is 0 Å². The third-order valence-corrected chi connectivity index (χ3v) is 6.03. The number of likely N-dealkylation sites (tertiary alicyclic amines) is 1. The molecule has 1 atom stereocenters. The molecule has 6 heteroatoms. The number of rotatable bonds is 8. The summed E-state index contributed by atoms with van der Waals surface area (Å²) in [5.41, 5.74) is 8.64. The van der Waals surface area contributed by atoms with Crippen molar-refractivity contribution >= 4 is 27.9 Å². The van der Waals surface area contributed by atoms with Gasteiger partial charge >= 0.3 is 0 Å². The van der Waals surface area contributed by atoms with Crippen molar-refractivity contribution in [2.45, 2.75) is 58.0 Å². The first-order chi connectivity index (χ1) is 14.1. The van der Waals surface area contributed by atoms with Crippen LogP contribution in [0.2, 0.25) is 0 Å². The number of methoxy groups -OCH3 is 1. The fourth-order valence-corrected chi connectivity index (χ4v) is 4.62. The first-order valence-corrected chi connectivity index (χ1v) is 10.7. The van der Waals surface area contributed by atoms with Crippen LogP contribution in [0.1, 0.15) is 57.3 Å². The van der Waals surface area contributed by atoms with Crippen LogP contribution in [0.5, 0.6) is 5.75 Å². The Balaban J connectivity index is 1.79. The summed E-state index contributed by atoms with van der Waals surface area (Å²) in [5.74, 6) is 1.54. The van der Waals surface area contributed by atoms with Crippen LogP contribution in [0.3, 0.4) is 0 Å². The van der Waals surface area contributed by atoms with Gasteiger partial charge in [-0.2, -0.15) is 0 Å². The average molecular weight is 398 g/mol. The molecule has 2 N–H and O–H groups in total. The predicted octanol–water partition coefficient (Wildman–Crippen LogP) is 4.60. The Bertz CT molecular complexity index is 998. The van der Waals surface area contributed by atoms with E-state index in [1.165, 1.54) is 19.3 Å². The van der Waals surface area contributed by atoms with Gasteiger partial charge in [-0.15, -0.1) is 0 Å². The van der Waals surface area contributed by atoms with Crippen molar-refractivity contribution < 1.29 is 13.9 Å². The molecule has 3 aromatic rings. The average Bonchev–Trinajstić information content (AvgIpc) is 3.27. The number of nitrogens with zero attached hydrogens (tertiary/aromatic N) is 2. The van der Waals surface area contributed by atoms with E-state index < -0.39 is 0 Å². The second-order valence-electron chi connectivity index (χ2n) is 8.02. The third-order valence-electron chi connectivity index (χ3n) is 6.03. The summed E-state index contributed by atoms with van der Waals surface area (Å²) >= 11 is 0. The maximum Gasteiger partial charge on any atom is 0.217 e. The molecule has 1 aromatic carbocycles. The highest BCUT2D eigenvalue weighted by Gasteiger charge is 2.27. The molecule has 3 heterocycles. The van der Waals surface area contributed by atoms with Crippen molar-refractivity contribution in [2.75, 3.05) is 20.2 Å². The van der Waals surface area contributed by atoms with Gasteiger partial charge < -0.3 is 19.5 Å². The lowest BCUT2D eigenvalue weighted by molar-refractivity contribution is -0.118. The van der Waals surface area contributed by atoms with Crippen LogP contribution < -0.4 is 10.5 Å². The zero-order chi connectivity index (χ0) is 20.4. The topological polar surface area (TPSA) is 73.6 Å². The molecule has 1 fully saturated rings. The number of nitrogens with two attached hydrogens (primary N) is 1. The third kappa shape index (κ3) is 3.86. The van der Waals surface area contributed by atoms with Gasteiger partial charge in [0, 0.05) is 30.5 Å². The standard InChI is InChI=1S/C23H31N3O3/c1-3-11-26-19-14-16(28-2)7-8-17(19)23-20(26)15-21(29-23)18(9-10-22(24)27)25-12-5-4-6-13-25/h7-8,14-15,18H,3-6,9-13H2,1-2H3,(H2,24,27). The van der Waals surface area contributed by atoms with E-state index >= 15 is 0 Å². The molecule has 0 saturated carbocycles. The molecule has 0 spiro atoms. The highest BCUT2D eigenvalue weighted by Crippen LogP contribution is 2.38. The van der Waals surface area contributed by atoms with Crippen LogP contribution in [0, 0.1) is 0 Å². The normalized spacial score (nSPS) is 16.5. The minimum Gasteiger partial charge on any atom is -0.497 e. The van der Waals surface area contributed by atoms with Gasteiger partial charge in [0.15, 0.2) is 5.58 Å². The van der Waals surface area contributed by atoms with E-state index in [2.05, 4.69) is 34.6 Å². The van der Waals surface area contributed by atoms with Gasteiger partial charge in [0.2, 0.25) is 5.91 Å². The number of fused-ring (bicyclic) bond motifs is 3. The molecule has 4 rings (SSSR count). The Morgan fingerprint density at radius 3 is 2.69 bits per heavy atom. The summed E-state index contributed by atoms with van der Waals surface area (Å²) in [7, 11) is 1.69. The Kier molecular flexibility index (Phi) is 5.81. The maximum absolute atomic E-state index is 11.5. The number of furan rings is 1. The number of piperidine rings is 1. The van der Waals surface area contributed by atoms with Crippen LogP contribution >= 0.6 is 0 Å². The molecule has 156 valence electrons. The molecule has 1 aliphatic heterocycles. The maximum atomic E-state index is 11.5. The summed E-state index contributed by atoms with van der Waals surface area (Å²) in [5, 5.41) is 1.10. The lowest BCUT2D eigenvalue weighted by Crippen LogP contribution is -2.34. The van der Waals surface area contributed by atoms with Crippen molar-refractivity contribution in [3.8, 4) is 5.75 Å². The van der Waals surface area contributed by atoms with Crippen molar-refractivity contribution in [1.82, 2.24) is 9.47 Å².